The highest BCUT2D eigenvalue weighted by atomic mass is 35.5. The predicted octanol–water partition coefficient (Wildman–Crippen LogP) is 3.49. The van der Waals surface area contributed by atoms with Gasteiger partial charge in [-0.05, 0) is 49.4 Å². The molecule has 2 aromatic carbocycles. The van der Waals surface area contributed by atoms with Gasteiger partial charge in [-0.15, -0.1) is 0 Å². The monoisotopic (exact) mass is 325 g/mol. The van der Waals surface area contributed by atoms with Crippen LogP contribution in [0, 0.1) is 22.7 Å². The Labute approximate surface area is 138 Å². The zero-order valence-corrected chi connectivity index (χ0v) is 13.0. The Hall–Kier alpha value is -3.02. The van der Waals surface area contributed by atoms with E-state index in [1.807, 2.05) is 12.1 Å². The maximum Gasteiger partial charge on any atom is 0.265 e. The van der Waals surface area contributed by atoms with E-state index >= 15 is 0 Å². The smallest absolute Gasteiger partial charge is 0.265 e. The zero-order chi connectivity index (χ0) is 16.8. The average molecular weight is 326 g/mol. The number of nitriles is 2. The Kier molecular flexibility index (Phi) is 5.19. The Morgan fingerprint density at radius 2 is 1.87 bits per heavy atom. The normalized spacial score (nSPS) is 11.0. The van der Waals surface area contributed by atoms with Crippen LogP contribution in [0.4, 0.5) is 5.69 Å². The Morgan fingerprint density at radius 1 is 1.17 bits per heavy atom. The van der Waals surface area contributed by atoms with Gasteiger partial charge in [0, 0.05) is 5.69 Å². The number of anilines is 1. The van der Waals surface area contributed by atoms with Gasteiger partial charge in [0.05, 0.1) is 22.2 Å². The van der Waals surface area contributed by atoms with Crippen molar-refractivity contribution >= 4 is 23.2 Å². The molecule has 0 bridgehead atoms. The van der Waals surface area contributed by atoms with Crippen molar-refractivity contribution in [3.05, 3.63) is 58.6 Å². The van der Waals surface area contributed by atoms with Gasteiger partial charge in [-0.2, -0.15) is 10.5 Å². The first-order valence-electron chi connectivity index (χ1n) is 6.71. The van der Waals surface area contributed by atoms with Crippen LogP contribution in [0.5, 0.6) is 5.75 Å². The maximum atomic E-state index is 12.1. The molecule has 0 spiro atoms. The van der Waals surface area contributed by atoms with Crippen molar-refractivity contribution in [1.82, 2.24) is 0 Å². The number of carbonyl (C=O) groups is 1. The number of nitrogens with zero attached hydrogens (tertiary/aromatic N) is 2. The number of halogens is 1. The van der Waals surface area contributed by atoms with Gasteiger partial charge in [-0.3, -0.25) is 4.79 Å². The van der Waals surface area contributed by atoms with Crippen molar-refractivity contribution in [1.29, 1.82) is 10.5 Å². The molecule has 5 nitrogen and oxygen atoms in total. The van der Waals surface area contributed by atoms with Gasteiger partial charge in [0.1, 0.15) is 11.8 Å². The van der Waals surface area contributed by atoms with E-state index < -0.39 is 6.10 Å². The number of nitrogens with one attached hydrogen (secondary N) is 1. The summed E-state index contributed by atoms with van der Waals surface area (Å²) >= 11 is 5.92. The lowest BCUT2D eigenvalue weighted by Gasteiger charge is -2.15. The molecule has 23 heavy (non-hydrogen) atoms. The fourth-order valence-electron chi connectivity index (χ4n) is 1.79. The quantitative estimate of drug-likeness (QED) is 0.932. The second-order valence-corrected chi connectivity index (χ2v) is 5.10. The van der Waals surface area contributed by atoms with E-state index in [4.69, 9.17) is 26.9 Å². The summed E-state index contributed by atoms with van der Waals surface area (Å²) in [5.74, 6) is 0.139. The first kappa shape index (κ1) is 16.4. The minimum atomic E-state index is -0.739. The number of carbonyl (C=O) groups excluding carboxylic acids is 1. The topological polar surface area (TPSA) is 85.9 Å². The summed E-state index contributed by atoms with van der Waals surface area (Å²) in [5.41, 5.74) is 1.34. The largest absolute Gasteiger partial charge is 0.481 e. The van der Waals surface area contributed by atoms with E-state index in [-0.39, 0.29) is 10.9 Å². The first-order valence-corrected chi connectivity index (χ1v) is 7.08. The molecule has 0 saturated carbocycles. The molecule has 1 unspecified atom stereocenters. The summed E-state index contributed by atoms with van der Waals surface area (Å²) in [6, 6.07) is 15.1. The molecule has 1 N–H and O–H groups in total. The minimum absolute atomic E-state index is 0.269. The Bertz CT molecular complexity index is 804. The molecule has 1 amide bonds. The molecule has 2 aromatic rings. The van der Waals surface area contributed by atoms with Crippen molar-refractivity contribution in [2.45, 2.75) is 13.0 Å². The number of ether oxygens (including phenoxy) is 1. The second kappa shape index (κ2) is 7.31. The molecular weight excluding hydrogens is 314 g/mol. The lowest BCUT2D eigenvalue weighted by molar-refractivity contribution is -0.122. The van der Waals surface area contributed by atoms with Crippen LogP contribution in [0.15, 0.2) is 42.5 Å². The summed E-state index contributed by atoms with van der Waals surface area (Å²) in [7, 11) is 0. The molecule has 2 rings (SSSR count). The number of hydrogen-bond donors (Lipinski definition) is 1. The molecule has 114 valence electrons. The number of benzene rings is 2. The second-order valence-electron chi connectivity index (χ2n) is 4.69. The summed E-state index contributed by atoms with van der Waals surface area (Å²) in [4.78, 5) is 12.1. The van der Waals surface area contributed by atoms with Crippen molar-refractivity contribution in [3.63, 3.8) is 0 Å². The molecule has 0 aromatic heterocycles. The zero-order valence-electron chi connectivity index (χ0n) is 12.2. The van der Waals surface area contributed by atoms with E-state index in [1.165, 1.54) is 12.1 Å². The van der Waals surface area contributed by atoms with E-state index in [9.17, 15) is 4.79 Å². The van der Waals surface area contributed by atoms with E-state index in [2.05, 4.69) is 5.32 Å². The van der Waals surface area contributed by atoms with Gasteiger partial charge in [0.2, 0.25) is 0 Å². The minimum Gasteiger partial charge on any atom is -0.481 e. The molecule has 0 heterocycles. The van der Waals surface area contributed by atoms with Crippen molar-refractivity contribution in [3.8, 4) is 17.9 Å². The highest BCUT2D eigenvalue weighted by Crippen LogP contribution is 2.21. The van der Waals surface area contributed by atoms with Gasteiger partial charge < -0.3 is 10.1 Å². The van der Waals surface area contributed by atoms with Gasteiger partial charge in [-0.25, -0.2) is 0 Å². The van der Waals surface area contributed by atoms with Crippen molar-refractivity contribution in [2.75, 3.05) is 5.32 Å². The summed E-state index contributed by atoms with van der Waals surface area (Å²) in [5, 5.41) is 20.5. The lowest BCUT2D eigenvalue weighted by Crippen LogP contribution is -2.30. The van der Waals surface area contributed by atoms with Crippen LogP contribution in [0.25, 0.3) is 0 Å². The van der Waals surface area contributed by atoms with Gasteiger partial charge in [-0.1, -0.05) is 11.6 Å². The molecule has 6 heteroatoms. The van der Waals surface area contributed by atoms with E-state index in [1.54, 1.807) is 37.3 Å². The van der Waals surface area contributed by atoms with E-state index in [0.29, 0.717) is 22.6 Å². The molecule has 0 aliphatic rings. The van der Waals surface area contributed by atoms with Crippen molar-refractivity contribution < 1.29 is 9.53 Å². The lowest BCUT2D eigenvalue weighted by atomic mass is 10.2. The van der Waals surface area contributed by atoms with Gasteiger partial charge in [0.25, 0.3) is 5.91 Å². The SMILES string of the molecule is CC(Oc1ccc(C#N)cc1)C(=O)Nc1ccc(C#N)c(Cl)c1. The molecule has 0 fully saturated rings. The third-order valence-electron chi connectivity index (χ3n) is 3.02. The fourth-order valence-corrected chi connectivity index (χ4v) is 2.02. The highest BCUT2D eigenvalue weighted by Gasteiger charge is 2.15. The Balaban J connectivity index is 2.01. The molecule has 0 aliphatic carbocycles. The van der Waals surface area contributed by atoms with E-state index in [0.717, 1.165) is 0 Å². The maximum absolute atomic E-state index is 12.1. The molecular formula is C17H12ClN3O2. The number of amides is 1. The molecule has 1 atom stereocenters. The van der Waals surface area contributed by atoms with Crippen LogP contribution in [0.2, 0.25) is 5.02 Å². The first-order chi connectivity index (χ1) is 11.0. The summed E-state index contributed by atoms with van der Waals surface area (Å²) < 4.78 is 5.52. The molecule has 0 aliphatic heterocycles. The van der Waals surface area contributed by atoms with Gasteiger partial charge >= 0.3 is 0 Å². The van der Waals surface area contributed by atoms with Crippen LogP contribution in [-0.4, -0.2) is 12.0 Å². The van der Waals surface area contributed by atoms with Crippen LogP contribution in [0.3, 0.4) is 0 Å². The standard InChI is InChI=1S/C17H12ClN3O2/c1-11(23-15-6-2-12(9-19)3-7-15)17(22)21-14-5-4-13(10-20)16(18)8-14/h2-8,11H,1H3,(H,21,22). The Morgan fingerprint density at radius 3 is 2.43 bits per heavy atom. The van der Waals surface area contributed by atoms with Gasteiger partial charge in [0.15, 0.2) is 6.10 Å². The number of hydrogen-bond acceptors (Lipinski definition) is 4. The van der Waals surface area contributed by atoms with Crippen molar-refractivity contribution in [2.24, 2.45) is 0 Å². The summed E-state index contributed by atoms with van der Waals surface area (Å²) in [6.07, 6.45) is -0.739. The third-order valence-corrected chi connectivity index (χ3v) is 3.34. The highest BCUT2D eigenvalue weighted by molar-refractivity contribution is 6.32. The van der Waals surface area contributed by atoms with Crippen LogP contribution in [0.1, 0.15) is 18.1 Å². The average Bonchev–Trinajstić information content (AvgIpc) is 2.55. The third kappa shape index (κ3) is 4.23. The fraction of sp³-hybridized carbons (Fsp3) is 0.118. The van der Waals surface area contributed by atoms with Crippen LogP contribution >= 0.6 is 11.6 Å². The van der Waals surface area contributed by atoms with Crippen LogP contribution in [-0.2, 0) is 4.79 Å². The summed E-state index contributed by atoms with van der Waals surface area (Å²) in [6.45, 7) is 1.61. The number of rotatable bonds is 4. The predicted molar refractivity (Wildman–Crippen MR) is 86.0 cm³/mol. The molecule has 0 radical (unpaired) electrons. The van der Waals surface area contributed by atoms with Crippen LogP contribution < -0.4 is 10.1 Å². The molecule has 0 saturated heterocycles.